The van der Waals surface area contributed by atoms with Crippen molar-refractivity contribution in [2.24, 2.45) is 0 Å². The number of rotatable bonds is 7. The summed E-state index contributed by atoms with van der Waals surface area (Å²) in [5.74, 6) is 0.192. The Hall–Kier alpha value is -3.45. The van der Waals surface area contributed by atoms with Crippen LogP contribution >= 0.6 is 11.8 Å². The second kappa shape index (κ2) is 9.84. The minimum absolute atomic E-state index is 0.102. The van der Waals surface area contributed by atoms with Crippen molar-refractivity contribution in [3.05, 3.63) is 77.9 Å². The first-order valence-corrected chi connectivity index (χ1v) is 10.0. The molecule has 7 heteroatoms. The zero-order chi connectivity index (χ0) is 21.5. The summed E-state index contributed by atoms with van der Waals surface area (Å²) < 4.78 is 10.5. The van der Waals surface area contributed by atoms with Crippen molar-refractivity contribution in [3.63, 3.8) is 0 Å². The second-order valence-electron chi connectivity index (χ2n) is 6.48. The van der Waals surface area contributed by atoms with E-state index in [1.807, 2.05) is 48.5 Å². The fraction of sp³-hybridized carbons (Fsp3) is 0.130. The first-order valence-electron chi connectivity index (χ1n) is 9.19. The number of nitrogens with two attached hydrogens (primary N) is 1. The highest BCUT2D eigenvalue weighted by molar-refractivity contribution is 7.99. The van der Waals surface area contributed by atoms with Crippen LogP contribution in [0.3, 0.4) is 0 Å². The molecule has 3 N–H and O–H groups in total. The Morgan fingerprint density at radius 1 is 1.00 bits per heavy atom. The first-order chi connectivity index (χ1) is 14.4. The molecular formula is C23H22N2O4S. The van der Waals surface area contributed by atoms with Gasteiger partial charge in [0.25, 0.3) is 0 Å². The van der Waals surface area contributed by atoms with E-state index >= 15 is 0 Å². The number of nitrogen functional groups attached to an aromatic ring is 1. The van der Waals surface area contributed by atoms with Gasteiger partial charge in [-0.25, -0.2) is 4.79 Å². The second-order valence-corrected chi connectivity index (χ2v) is 7.60. The Labute approximate surface area is 179 Å². The summed E-state index contributed by atoms with van der Waals surface area (Å²) in [7, 11) is 1.35. The zero-order valence-corrected chi connectivity index (χ0v) is 17.5. The molecule has 1 amide bonds. The summed E-state index contributed by atoms with van der Waals surface area (Å²) in [6.07, 6.45) is 0. The summed E-state index contributed by atoms with van der Waals surface area (Å²) in [5.41, 5.74) is 8.99. The molecule has 6 nitrogen and oxygen atoms in total. The predicted molar refractivity (Wildman–Crippen MR) is 118 cm³/mol. The topological polar surface area (TPSA) is 90.6 Å². The molecule has 0 fully saturated rings. The molecule has 0 unspecified atom stereocenters. The van der Waals surface area contributed by atoms with E-state index in [-0.39, 0.29) is 11.9 Å². The average molecular weight is 423 g/mol. The normalized spacial score (nSPS) is 10.3. The van der Waals surface area contributed by atoms with Crippen LogP contribution in [0.25, 0.3) is 0 Å². The van der Waals surface area contributed by atoms with Crippen molar-refractivity contribution in [1.29, 1.82) is 0 Å². The molecule has 0 aromatic heterocycles. The standard InChI is InChI=1S/C23H22N2O4S/c1-15(26)25-18-7-10-20(11-8-18)30-22-12-9-19(13-21(22)24)29-14-16-3-5-17(6-4-16)23(27)28-2/h3-13H,14,24H2,1-2H3,(H,25,26). The van der Waals surface area contributed by atoms with Crippen LogP contribution in [0.15, 0.2) is 76.5 Å². The summed E-state index contributed by atoms with van der Waals surface area (Å²) >= 11 is 1.53. The van der Waals surface area contributed by atoms with Crippen LogP contribution in [-0.4, -0.2) is 19.0 Å². The molecular weight excluding hydrogens is 400 g/mol. The smallest absolute Gasteiger partial charge is 0.337 e. The molecule has 0 spiro atoms. The molecule has 3 aromatic rings. The van der Waals surface area contributed by atoms with Crippen LogP contribution < -0.4 is 15.8 Å². The third-order valence-corrected chi connectivity index (χ3v) is 5.26. The fourth-order valence-corrected chi connectivity index (χ4v) is 3.51. The molecule has 0 radical (unpaired) electrons. The van der Waals surface area contributed by atoms with Crippen molar-refractivity contribution in [1.82, 2.24) is 0 Å². The summed E-state index contributed by atoms with van der Waals surface area (Å²) in [5, 5.41) is 2.74. The van der Waals surface area contributed by atoms with Gasteiger partial charge in [-0.15, -0.1) is 0 Å². The number of esters is 1. The first kappa shape index (κ1) is 21.3. The van der Waals surface area contributed by atoms with Gasteiger partial charge in [0, 0.05) is 34.2 Å². The van der Waals surface area contributed by atoms with Crippen LogP contribution in [0, 0.1) is 0 Å². The maximum absolute atomic E-state index is 11.5. The van der Waals surface area contributed by atoms with Gasteiger partial charge in [0.05, 0.1) is 12.7 Å². The maximum atomic E-state index is 11.5. The Kier molecular flexibility index (Phi) is 6.98. The molecule has 0 bridgehead atoms. The highest BCUT2D eigenvalue weighted by Gasteiger charge is 2.07. The van der Waals surface area contributed by atoms with E-state index in [1.54, 1.807) is 18.2 Å². The van der Waals surface area contributed by atoms with Gasteiger partial charge < -0.3 is 20.5 Å². The van der Waals surface area contributed by atoms with Gasteiger partial charge >= 0.3 is 5.97 Å². The van der Waals surface area contributed by atoms with Crippen LogP contribution in [-0.2, 0) is 16.1 Å². The van der Waals surface area contributed by atoms with Gasteiger partial charge in [0.1, 0.15) is 12.4 Å². The number of amides is 1. The van der Waals surface area contributed by atoms with Gasteiger partial charge in [-0.1, -0.05) is 23.9 Å². The molecule has 0 aliphatic rings. The Morgan fingerprint density at radius 3 is 2.30 bits per heavy atom. The molecule has 3 rings (SSSR count). The number of ether oxygens (including phenoxy) is 2. The predicted octanol–water partition coefficient (Wildman–Crippen LogP) is 4.74. The van der Waals surface area contributed by atoms with Crippen molar-refractivity contribution in [2.45, 2.75) is 23.3 Å². The van der Waals surface area contributed by atoms with E-state index in [1.165, 1.54) is 25.8 Å². The van der Waals surface area contributed by atoms with Gasteiger partial charge in [-0.2, -0.15) is 0 Å². The number of hydrogen-bond acceptors (Lipinski definition) is 6. The van der Waals surface area contributed by atoms with Crippen LogP contribution in [0.2, 0.25) is 0 Å². The molecule has 0 aliphatic carbocycles. The van der Waals surface area contributed by atoms with Gasteiger partial charge in [-0.05, 0) is 54.1 Å². The average Bonchev–Trinajstić information content (AvgIpc) is 2.74. The summed E-state index contributed by atoms with van der Waals surface area (Å²) in [6.45, 7) is 1.84. The van der Waals surface area contributed by atoms with Crippen LogP contribution in [0.5, 0.6) is 5.75 Å². The maximum Gasteiger partial charge on any atom is 0.337 e. The lowest BCUT2D eigenvalue weighted by molar-refractivity contribution is -0.114. The van der Waals surface area contributed by atoms with E-state index in [2.05, 4.69) is 5.32 Å². The molecule has 154 valence electrons. The third-order valence-electron chi connectivity index (χ3n) is 4.16. The van der Waals surface area contributed by atoms with Crippen molar-refractivity contribution < 1.29 is 19.1 Å². The fourth-order valence-electron chi connectivity index (χ4n) is 2.67. The van der Waals surface area contributed by atoms with E-state index in [9.17, 15) is 9.59 Å². The number of carbonyl (C=O) groups is 2. The molecule has 0 atom stereocenters. The Morgan fingerprint density at radius 2 is 1.70 bits per heavy atom. The van der Waals surface area contributed by atoms with Crippen molar-refractivity contribution >= 4 is 35.0 Å². The number of methoxy groups -OCH3 is 1. The Bertz CT molecular complexity index is 1030. The van der Waals surface area contributed by atoms with E-state index in [0.717, 1.165) is 21.0 Å². The van der Waals surface area contributed by atoms with Gasteiger partial charge in [0.15, 0.2) is 0 Å². The minimum atomic E-state index is -0.368. The lowest BCUT2D eigenvalue weighted by Crippen LogP contribution is -2.05. The highest BCUT2D eigenvalue weighted by Crippen LogP contribution is 2.34. The quantitative estimate of drug-likeness (QED) is 0.422. The van der Waals surface area contributed by atoms with E-state index in [0.29, 0.717) is 23.6 Å². The van der Waals surface area contributed by atoms with E-state index < -0.39 is 0 Å². The third kappa shape index (κ3) is 5.78. The van der Waals surface area contributed by atoms with Gasteiger partial charge in [0.2, 0.25) is 5.91 Å². The lowest BCUT2D eigenvalue weighted by Gasteiger charge is -2.11. The monoisotopic (exact) mass is 422 g/mol. The number of carbonyl (C=O) groups excluding carboxylic acids is 2. The molecule has 3 aromatic carbocycles. The van der Waals surface area contributed by atoms with Crippen molar-refractivity contribution in [2.75, 3.05) is 18.2 Å². The SMILES string of the molecule is COC(=O)c1ccc(COc2ccc(Sc3ccc(NC(C)=O)cc3)c(N)c2)cc1. The minimum Gasteiger partial charge on any atom is -0.489 e. The largest absolute Gasteiger partial charge is 0.489 e. The van der Waals surface area contributed by atoms with E-state index in [4.69, 9.17) is 15.2 Å². The summed E-state index contributed by atoms with van der Waals surface area (Å²) in [4.78, 5) is 24.5. The highest BCUT2D eigenvalue weighted by atomic mass is 32.2. The molecule has 0 saturated heterocycles. The number of anilines is 2. The number of hydrogen-bond donors (Lipinski definition) is 2. The van der Waals surface area contributed by atoms with Gasteiger partial charge in [-0.3, -0.25) is 4.79 Å². The zero-order valence-electron chi connectivity index (χ0n) is 16.7. The van der Waals surface area contributed by atoms with Crippen LogP contribution in [0.1, 0.15) is 22.8 Å². The molecule has 0 heterocycles. The lowest BCUT2D eigenvalue weighted by atomic mass is 10.1. The number of nitrogens with one attached hydrogen (secondary N) is 1. The molecule has 30 heavy (non-hydrogen) atoms. The molecule has 0 aliphatic heterocycles. The van der Waals surface area contributed by atoms with Crippen LogP contribution in [0.4, 0.5) is 11.4 Å². The Balaban J connectivity index is 1.59. The van der Waals surface area contributed by atoms with Crippen molar-refractivity contribution in [3.8, 4) is 5.75 Å². The number of benzene rings is 3. The summed E-state index contributed by atoms with van der Waals surface area (Å²) in [6, 6.07) is 20.2. The molecule has 0 saturated carbocycles.